The summed E-state index contributed by atoms with van der Waals surface area (Å²) in [5.74, 6) is 0.925. The van der Waals surface area contributed by atoms with Gasteiger partial charge in [-0.05, 0) is 40.3 Å². The van der Waals surface area contributed by atoms with Crippen molar-refractivity contribution in [2.24, 2.45) is 0 Å². The van der Waals surface area contributed by atoms with Crippen molar-refractivity contribution < 1.29 is 9.47 Å². The van der Waals surface area contributed by atoms with E-state index >= 15 is 0 Å². The van der Waals surface area contributed by atoms with Gasteiger partial charge in [-0.1, -0.05) is 12.1 Å². The zero-order valence-corrected chi connectivity index (χ0v) is 11.8. The number of H-pyrrole nitrogens is 1. The largest absolute Gasteiger partial charge is 0.438 e. The standard InChI is InChI=1S/C12H11IN2O3/c1-17-6-8-3-2-4-9(5-8)18-12-10(13)11(16)14-7-15-12/h2-5,7H,6H2,1H3,(H,14,15,16). The first kappa shape index (κ1) is 13.0. The fraction of sp³-hybridized carbons (Fsp3) is 0.167. The summed E-state index contributed by atoms with van der Waals surface area (Å²) in [5.41, 5.74) is 0.781. The highest BCUT2D eigenvalue weighted by molar-refractivity contribution is 14.1. The molecule has 0 spiro atoms. The minimum Gasteiger partial charge on any atom is -0.438 e. The zero-order valence-electron chi connectivity index (χ0n) is 9.64. The van der Waals surface area contributed by atoms with Crippen LogP contribution in [0, 0.1) is 3.57 Å². The molecule has 2 aromatic rings. The smallest absolute Gasteiger partial charge is 0.268 e. The molecule has 2 rings (SSSR count). The molecule has 0 radical (unpaired) electrons. The molecule has 0 aliphatic heterocycles. The first-order chi connectivity index (χ1) is 8.70. The van der Waals surface area contributed by atoms with Crippen LogP contribution < -0.4 is 10.3 Å². The van der Waals surface area contributed by atoms with Crippen LogP contribution in [0.1, 0.15) is 5.56 Å². The topological polar surface area (TPSA) is 64.2 Å². The van der Waals surface area contributed by atoms with Gasteiger partial charge in [0.2, 0.25) is 5.88 Å². The molecule has 0 saturated heterocycles. The van der Waals surface area contributed by atoms with E-state index in [4.69, 9.17) is 9.47 Å². The minimum absolute atomic E-state index is 0.214. The lowest BCUT2D eigenvalue weighted by atomic mass is 10.2. The van der Waals surface area contributed by atoms with Crippen LogP contribution in [0.15, 0.2) is 35.4 Å². The first-order valence-corrected chi connectivity index (χ1v) is 6.27. The second kappa shape index (κ2) is 5.96. The Balaban J connectivity index is 2.25. The zero-order chi connectivity index (χ0) is 13.0. The molecule has 0 fully saturated rings. The van der Waals surface area contributed by atoms with Crippen LogP contribution in [0.25, 0.3) is 0 Å². The Kier molecular flexibility index (Phi) is 4.32. The van der Waals surface area contributed by atoms with E-state index in [2.05, 4.69) is 9.97 Å². The van der Waals surface area contributed by atoms with Crippen molar-refractivity contribution in [3.05, 3.63) is 50.1 Å². The summed E-state index contributed by atoms with van der Waals surface area (Å²) in [5, 5.41) is 0. The quantitative estimate of drug-likeness (QED) is 0.852. The van der Waals surface area contributed by atoms with E-state index in [0.29, 0.717) is 21.8 Å². The third-order valence-corrected chi connectivity index (χ3v) is 3.14. The Morgan fingerprint density at radius 2 is 2.28 bits per heavy atom. The van der Waals surface area contributed by atoms with Gasteiger partial charge >= 0.3 is 0 Å². The molecule has 1 aromatic carbocycles. The maximum atomic E-state index is 11.4. The summed E-state index contributed by atoms with van der Waals surface area (Å²) in [4.78, 5) is 17.9. The molecule has 0 unspecified atom stereocenters. The summed E-state index contributed by atoms with van der Waals surface area (Å²) < 4.78 is 11.1. The third kappa shape index (κ3) is 3.08. The molecule has 1 N–H and O–H groups in total. The summed E-state index contributed by atoms with van der Waals surface area (Å²) in [6, 6.07) is 7.46. The van der Waals surface area contributed by atoms with Crippen LogP contribution in [0.5, 0.6) is 11.6 Å². The molecule has 94 valence electrons. The maximum absolute atomic E-state index is 11.4. The molecule has 18 heavy (non-hydrogen) atoms. The summed E-state index contributed by atoms with van der Waals surface area (Å²) in [7, 11) is 1.63. The monoisotopic (exact) mass is 358 g/mol. The minimum atomic E-state index is -0.214. The van der Waals surface area contributed by atoms with E-state index in [0.717, 1.165) is 5.56 Å². The molecule has 1 aromatic heterocycles. The van der Waals surface area contributed by atoms with Crippen molar-refractivity contribution in [1.82, 2.24) is 9.97 Å². The predicted molar refractivity (Wildman–Crippen MR) is 74.8 cm³/mol. The van der Waals surface area contributed by atoms with Crippen molar-refractivity contribution in [2.75, 3.05) is 7.11 Å². The molecular formula is C12H11IN2O3. The average molecular weight is 358 g/mol. The molecule has 0 aliphatic rings. The summed E-state index contributed by atoms with van der Waals surface area (Å²) >= 11 is 1.90. The number of nitrogens with zero attached hydrogens (tertiary/aromatic N) is 1. The van der Waals surface area contributed by atoms with Gasteiger partial charge in [0.1, 0.15) is 9.32 Å². The number of aromatic nitrogens is 2. The van der Waals surface area contributed by atoms with Gasteiger partial charge in [-0.15, -0.1) is 0 Å². The third-order valence-electron chi connectivity index (χ3n) is 2.19. The maximum Gasteiger partial charge on any atom is 0.268 e. The van der Waals surface area contributed by atoms with Crippen molar-refractivity contribution >= 4 is 22.6 Å². The van der Waals surface area contributed by atoms with E-state index in [-0.39, 0.29) is 5.56 Å². The van der Waals surface area contributed by atoms with Crippen LogP contribution in [0.4, 0.5) is 0 Å². The van der Waals surface area contributed by atoms with Crippen LogP contribution in [-0.2, 0) is 11.3 Å². The SMILES string of the molecule is COCc1cccc(Oc2nc[nH]c(=O)c2I)c1. The van der Waals surface area contributed by atoms with Gasteiger partial charge in [0.05, 0.1) is 12.9 Å². The predicted octanol–water partition coefficient (Wildman–Crippen LogP) is 2.31. The van der Waals surface area contributed by atoms with Gasteiger partial charge in [-0.2, -0.15) is 0 Å². The molecule has 0 aliphatic carbocycles. The van der Waals surface area contributed by atoms with E-state index in [9.17, 15) is 4.79 Å². The molecule has 0 bridgehead atoms. The Labute approximate surface area is 117 Å². The number of ether oxygens (including phenoxy) is 2. The Morgan fingerprint density at radius 3 is 3.06 bits per heavy atom. The lowest BCUT2D eigenvalue weighted by Crippen LogP contribution is -2.11. The second-order valence-corrected chi connectivity index (χ2v) is 4.61. The number of rotatable bonds is 4. The van der Waals surface area contributed by atoms with Gasteiger partial charge in [0.25, 0.3) is 5.56 Å². The first-order valence-electron chi connectivity index (χ1n) is 5.19. The number of nitrogens with one attached hydrogen (secondary N) is 1. The fourth-order valence-electron chi connectivity index (χ4n) is 1.41. The Bertz CT molecular complexity index is 598. The fourth-order valence-corrected chi connectivity index (χ4v) is 1.82. The highest BCUT2D eigenvalue weighted by atomic mass is 127. The Hall–Kier alpha value is -1.41. The Morgan fingerprint density at radius 1 is 1.44 bits per heavy atom. The number of methoxy groups -OCH3 is 1. The van der Waals surface area contributed by atoms with E-state index < -0.39 is 0 Å². The molecular weight excluding hydrogens is 347 g/mol. The van der Waals surface area contributed by atoms with Gasteiger partial charge in [-0.25, -0.2) is 4.98 Å². The van der Waals surface area contributed by atoms with Crippen molar-refractivity contribution in [3.63, 3.8) is 0 Å². The van der Waals surface area contributed by atoms with Gasteiger partial charge in [-0.3, -0.25) is 4.79 Å². The molecule has 0 saturated carbocycles. The van der Waals surface area contributed by atoms with E-state index in [1.807, 2.05) is 40.8 Å². The number of hydrogen-bond donors (Lipinski definition) is 1. The highest BCUT2D eigenvalue weighted by Crippen LogP contribution is 2.22. The van der Waals surface area contributed by atoms with Crippen LogP contribution >= 0.6 is 22.6 Å². The van der Waals surface area contributed by atoms with Crippen LogP contribution in [0.2, 0.25) is 0 Å². The average Bonchev–Trinajstić information content (AvgIpc) is 2.36. The van der Waals surface area contributed by atoms with E-state index in [1.165, 1.54) is 6.33 Å². The number of hydrogen-bond acceptors (Lipinski definition) is 4. The lowest BCUT2D eigenvalue weighted by Gasteiger charge is -2.07. The lowest BCUT2D eigenvalue weighted by molar-refractivity contribution is 0.184. The molecule has 0 atom stereocenters. The summed E-state index contributed by atoms with van der Waals surface area (Å²) in [6.45, 7) is 0.511. The van der Waals surface area contributed by atoms with Crippen LogP contribution in [-0.4, -0.2) is 17.1 Å². The molecule has 6 heteroatoms. The second-order valence-electron chi connectivity index (χ2n) is 3.53. The number of benzene rings is 1. The van der Waals surface area contributed by atoms with Crippen molar-refractivity contribution in [2.45, 2.75) is 6.61 Å². The molecule has 5 nitrogen and oxygen atoms in total. The van der Waals surface area contributed by atoms with E-state index in [1.54, 1.807) is 13.2 Å². The van der Waals surface area contributed by atoms with Gasteiger partial charge in [0, 0.05) is 7.11 Å². The molecule has 0 amide bonds. The van der Waals surface area contributed by atoms with Gasteiger partial charge in [0.15, 0.2) is 0 Å². The molecule has 1 heterocycles. The normalized spacial score (nSPS) is 10.3. The number of aromatic amines is 1. The highest BCUT2D eigenvalue weighted by Gasteiger charge is 2.07. The van der Waals surface area contributed by atoms with Crippen molar-refractivity contribution in [3.8, 4) is 11.6 Å². The number of halogens is 1. The van der Waals surface area contributed by atoms with Crippen LogP contribution in [0.3, 0.4) is 0 Å². The summed E-state index contributed by atoms with van der Waals surface area (Å²) in [6.07, 6.45) is 1.32. The van der Waals surface area contributed by atoms with Gasteiger partial charge < -0.3 is 14.5 Å². The van der Waals surface area contributed by atoms with Crippen molar-refractivity contribution in [1.29, 1.82) is 0 Å².